The van der Waals surface area contributed by atoms with Crippen molar-refractivity contribution in [1.82, 2.24) is 9.21 Å². The van der Waals surface area contributed by atoms with Crippen molar-refractivity contribution in [3.63, 3.8) is 0 Å². The predicted molar refractivity (Wildman–Crippen MR) is 129 cm³/mol. The highest BCUT2D eigenvalue weighted by Crippen LogP contribution is 2.28. The van der Waals surface area contributed by atoms with Crippen LogP contribution in [0.5, 0.6) is 5.75 Å². The first kappa shape index (κ1) is 23.6. The first-order valence-corrected chi connectivity index (χ1v) is 13.0. The molecule has 0 spiro atoms. The van der Waals surface area contributed by atoms with Crippen LogP contribution >= 0.6 is 0 Å². The number of benzene rings is 2. The number of carbonyl (C=O) groups excluding carboxylic acids is 1. The lowest BCUT2D eigenvalue weighted by Gasteiger charge is -2.40. The number of piperidine rings is 1. The van der Waals surface area contributed by atoms with E-state index in [1.54, 1.807) is 31.4 Å². The first-order chi connectivity index (χ1) is 15.8. The Kier molecular flexibility index (Phi) is 6.95. The van der Waals surface area contributed by atoms with Gasteiger partial charge in [-0.3, -0.25) is 4.79 Å². The number of piperazine rings is 1. The lowest BCUT2D eigenvalue weighted by Crippen LogP contribution is -2.53. The monoisotopic (exact) mass is 471 g/mol. The summed E-state index contributed by atoms with van der Waals surface area (Å²) in [5.74, 6) is 0.393. The zero-order valence-corrected chi connectivity index (χ0v) is 20.5. The molecule has 0 N–H and O–H groups in total. The van der Waals surface area contributed by atoms with Crippen LogP contribution in [0.2, 0.25) is 0 Å². The Labute approximate surface area is 197 Å². The highest BCUT2D eigenvalue weighted by molar-refractivity contribution is 7.89. The number of amides is 1. The van der Waals surface area contributed by atoms with Crippen LogP contribution in [0.15, 0.2) is 47.4 Å². The topological polar surface area (TPSA) is 70.2 Å². The van der Waals surface area contributed by atoms with Gasteiger partial charge in [-0.2, -0.15) is 4.31 Å². The van der Waals surface area contributed by atoms with Gasteiger partial charge >= 0.3 is 0 Å². The Morgan fingerprint density at radius 2 is 1.67 bits per heavy atom. The van der Waals surface area contributed by atoms with Crippen molar-refractivity contribution in [2.24, 2.45) is 5.92 Å². The van der Waals surface area contributed by atoms with E-state index in [4.69, 9.17) is 4.74 Å². The number of aryl methyl sites for hydroxylation is 1. The summed E-state index contributed by atoms with van der Waals surface area (Å²) in [6.45, 7) is 7.84. The fourth-order valence-electron chi connectivity index (χ4n) is 4.76. The molecule has 0 bridgehead atoms. The van der Waals surface area contributed by atoms with Gasteiger partial charge < -0.3 is 14.5 Å². The number of anilines is 1. The van der Waals surface area contributed by atoms with Crippen molar-refractivity contribution in [2.45, 2.75) is 31.6 Å². The predicted octanol–water partition coefficient (Wildman–Crippen LogP) is 3.06. The third-order valence-corrected chi connectivity index (χ3v) is 8.82. The highest BCUT2D eigenvalue weighted by Gasteiger charge is 2.36. The molecule has 0 saturated carbocycles. The number of hydrogen-bond acceptors (Lipinski definition) is 5. The normalized spacial score (nSPS) is 20.0. The van der Waals surface area contributed by atoms with Crippen molar-refractivity contribution < 1.29 is 17.9 Å². The van der Waals surface area contributed by atoms with E-state index in [-0.39, 0.29) is 23.3 Å². The van der Waals surface area contributed by atoms with Crippen LogP contribution in [-0.4, -0.2) is 69.9 Å². The molecule has 0 unspecified atom stereocenters. The minimum Gasteiger partial charge on any atom is -0.497 e. The van der Waals surface area contributed by atoms with Crippen LogP contribution in [0.25, 0.3) is 0 Å². The van der Waals surface area contributed by atoms with Crippen LogP contribution in [-0.2, 0) is 14.8 Å². The van der Waals surface area contributed by atoms with Crippen LogP contribution in [0.1, 0.15) is 24.0 Å². The molecule has 7 nitrogen and oxygen atoms in total. The van der Waals surface area contributed by atoms with E-state index < -0.39 is 10.0 Å². The number of sulfonamides is 1. The molecule has 2 aliphatic rings. The molecule has 2 aliphatic heterocycles. The molecule has 0 aromatic heterocycles. The number of nitrogens with zero attached hydrogens (tertiary/aromatic N) is 3. The third kappa shape index (κ3) is 4.87. The fourth-order valence-corrected chi connectivity index (χ4v) is 6.29. The van der Waals surface area contributed by atoms with Crippen LogP contribution in [0.4, 0.5) is 5.69 Å². The van der Waals surface area contributed by atoms with E-state index in [0.717, 1.165) is 19.5 Å². The summed E-state index contributed by atoms with van der Waals surface area (Å²) in [7, 11) is -2.09. The molecule has 1 amide bonds. The summed E-state index contributed by atoms with van der Waals surface area (Å²) in [5, 5.41) is 0. The van der Waals surface area contributed by atoms with E-state index in [2.05, 4.69) is 36.9 Å². The lowest BCUT2D eigenvalue weighted by atomic mass is 9.97. The highest BCUT2D eigenvalue weighted by atomic mass is 32.2. The van der Waals surface area contributed by atoms with Gasteiger partial charge in [-0.1, -0.05) is 12.1 Å². The molecule has 2 aromatic rings. The average molecular weight is 472 g/mol. The van der Waals surface area contributed by atoms with Gasteiger partial charge in [0.1, 0.15) is 5.75 Å². The summed E-state index contributed by atoms with van der Waals surface area (Å²) in [5.41, 5.74) is 3.78. The maximum Gasteiger partial charge on any atom is 0.243 e. The maximum absolute atomic E-state index is 13.3. The summed E-state index contributed by atoms with van der Waals surface area (Å²) in [6.07, 6.45) is 1.42. The molecule has 1 atom stereocenters. The molecule has 33 heavy (non-hydrogen) atoms. The lowest BCUT2D eigenvalue weighted by molar-refractivity contribution is -0.137. The van der Waals surface area contributed by atoms with E-state index in [0.29, 0.717) is 31.8 Å². The van der Waals surface area contributed by atoms with Gasteiger partial charge in [-0.25, -0.2) is 8.42 Å². The maximum atomic E-state index is 13.3. The van der Waals surface area contributed by atoms with Gasteiger partial charge in [0.05, 0.1) is 17.9 Å². The quantitative estimate of drug-likeness (QED) is 0.670. The Bertz CT molecular complexity index is 1090. The van der Waals surface area contributed by atoms with Crippen LogP contribution < -0.4 is 9.64 Å². The zero-order valence-electron chi connectivity index (χ0n) is 19.7. The number of rotatable bonds is 5. The first-order valence-electron chi connectivity index (χ1n) is 11.6. The van der Waals surface area contributed by atoms with Crippen molar-refractivity contribution in [1.29, 1.82) is 0 Å². The summed E-state index contributed by atoms with van der Waals surface area (Å²) >= 11 is 0. The molecular weight excluding hydrogens is 438 g/mol. The number of ether oxygens (including phenoxy) is 1. The van der Waals surface area contributed by atoms with Crippen LogP contribution in [0.3, 0.4) is 0 Å². The van der Waals surface area contributed by atoms with Crippen molar-refractivity contribution >= 4 is 21.6 Å². The molecule has 2 fully saturated rings. The molecule has 8 heteroatoms. The van der Waals surface area contributed by atoms with Gasteiger partial charge in [0, 0.05) is 45.0 Å². The summed E-state index contributed by atoms with van der Waals surface area (Å²) in [4.78, 5) is 17.8. The number of hydrogen-bond donors (Lipinski definition) is 0. The smallest absolute Gasteiger partial charge is 0.243 e. The molecule has 2 aromatic carbocycles. The van der Waals surface area contributed by atoms with E-state index in [1.807, 2.05) is 4.90 Å². The van der Waals surface area contributed by atoms with E-state index >= 15 is 0 Å². The number of carbonyl (C=O) groups is 1. The molecule has 4 rings (SSSR count). The van der Waals surface area contributed by atoms with Crippen molar-refractivity contribution in [3.8, 4) is 5.75 Å². The fraction of sp³-hybridized carbons (Fsp3) is 0.480. The van der Waals surface area contributed by atoms with Gasteiger partial charge in [0.15, 0.2) is 0 Å². The molecule has 2 heterocycles. The molecule has 0 aliphatic carbocycles. The Hall–Kier alpha value is -2.58. The summed E-state index contributed by atoms with van der Waals surface area (Å²) in [6, 6.07) is 12.8. The SMILES string of the molecule is COc1ccc(S(=O)(=O)N2CCC[C@@H](C(=O)N3CCN(c4cccc(C)c4C)CC3)C2)cc1. The van der Waals surface area contributed by atoms with Gasteiger partial charge in [0.2, 0.25) is 15.9 Å². The Morgan fingerprint density at radius 1 is 0.970 bits per heavy atom. The second kappa shape index (κ2) is 9.73. The second-order valence-electron chi connectivity index (χ2n) is 8.91. The molecule has 2 saturated heterocycles. The second-order valence-corrected chi connectivity index (χ2v) is 10.8. The standard InChI is InChI=1S/C25H33N3O4S/c1-19-6-4-8-24(20(19)2)26-14-16-27(17-15-26)25(29)21-7-5-13-28(18-21)33(30,31)23-11-9-22(32-3)10-12-23/h4,6,8-12,21H,5,7,13-18H2,1-3H3/t21-/m1/s1. The minimum atomic E-state index is -3.64. The molecule has 0 radical (unpaired) electrons. The number of methoxy groups -OCH3 is 1. The van der Waals surface area contributed by atoms with Crippen molar-refractivity contribution in [3.05, 3.63) is 53.6 Å². The van der Waals surface area contributed by atoms with E-state index in [1.165, 1.54) is 21.1 Å². The summed E-state index contributed by atoms with van der Waals surface area (Å²) < 4.78 is 32.9. The Morgan fingerprint density at radius 3 is 2.33 bits per heavy atom. The van der Waals surface area contributed by atoms with Crippen LogP contribution in [0, 0.1) is 19.8 Å². The van der Waals surface area contributed by atoms with Crippen molar-refractivity contribution in [2.75, 3.05) is 51.3 Å². The van der Waals surface area contributed by atoms with Gasteiger partial charge in [-0.05, 0) is 68.1 Å². The zero-order chi connectivity index (χ0) is 23.6. The minimum absolute atomic E-state index is 0.0743. The third-order valence-electron chi connectivity index (χ3n) is 6.94. The average Bonchev–Trinajstić information content (AvgIpc) is 2.85. The molecule has 178 valence electrons. The van der Waals surface area contributed by atoms with Gasteiger partial charge in [-0.15, -0.1) is 0 Å². The van der Waals surface area contributed by atoms with E-state index in [9.17, 15) is 13.2 Å². The van der Waals surface area contributed by atoms with Gasteiger partial charge in [0.25, 0.3) is 0 Å². The molecular formula is C25H33N3O4S. The Balaban J connectivity index is 1.39. The largest absolute Gasteiger partial charge is 0.497 e.